The molecule has 0 aromatic heterocycles. The van der Waals surface area contributed by atoms with Gasteiger partial charge in [0.1, 0.15) is 5.75 Å². The summed E-state index contributed by atoms with van der Waals surface area (Å²) in [6.07, 6.45) is 3.43. The predicted molar refractivity (Wildman–Crippen MR) is 119 cm³/mol. The van der Waals surface area contributed by atoms with Gasteiger partial charge in [-0.2, -0.15) is 0 Å². The molecule has 0 aliphatic carbocycles. The number of likely N-dealkylation sites (tertiary alicyclic amines) is 1. The lowest BCUT2D eigenvalue weighted by molar-refractivity contribution is -0.130. The number of para-hydroxylation sites is 2. The van der Waals surface area contributed by atoms with Crippen LogP contribution in [0.5, 0.6) is 5.75 Å². The number of halogens is 1. The van der Waals surface area contributed by atoms with Crippen LogP contribution in [0, 0.1) is 0 Å². The Balaban J connectivity index is 0.00000261. The van der Waals surface area contributed by atoms with Gasteiger partial charge >= 0.3 is 0 Å². The van der Waals surface area contributed by atoms with E-state index < -0.39 is 0 Å². The second-order valence-corrected chi connectivity index (χ2v) is 6.81. The number of aliphatic imine (C=N–C) groups is 1. The minimum atomic E-state index is 0. The van der Waals surface area contributed by atoms with E-state index in [1.807, 2.05) is 23.1 Å². The first kappa shape index (κ1) is 21.6. The van der Waals surface area contributed by atoms with E-state index in [4.69, 9.17) is 0 Å². The second kappa shape index (κ2) is 10.6. The molecular formula is C19H30IN5O2. The molecule has 0 unspecified atom stereocenters. The van der Waals surface area contributed by atoms with Gasteiger partial charge in [-0.05, 0) is 31.4 Å². The molecule has 0 radical (unpaired) electrons. The minimum Gasteiger partial charge on any atom is -0.506 e. The number of hydrogen-bond acceptors (Lipinski definition) is 4. The predicted octanol–water partition coefficient (Wildman–Crippen LogP) is 1.72. The summed E-state index contributed by atoms with van der Waals surface area (Å²) in [5.41, 5.74) is 0.871. The summed E-state index contributed by atoms with van der Waals surface area (Å²) in [7, 11) is 1.75. The van der Waals surface area contributed by atoms with Gasteiger partial charge in [0.15, 0.2) is 5.96 Å². The number of guanidine groups is 1. The highest BCUT2D eigenvalue weighted by molar-refractivity contribution is 14.0. The lowest BCUT2D eigenvalue weighted by Crippen LogP contribution is -2.54. The highest BCUT2D eigenvalue weighted by Crippen LogP contribution is 2.27. The Bertz CT molecular complexity index is 641. The summed E-state index contributed by atoms with van der Waals surface area (Å²) in [4.78, 5) is 23.0. The highest BCUT2D eigenvalue weighted by atomic mass is 127. The van der Waals surface area contributed by atoms with Gasteiger partial charge < -0.3 is 25.1 Å². The topological polar surface area (TPSA) is 71.4 Å². The summed E-state index contributed by atoms with van der Waals surface area (Å²) in [5.74, 6) is 1.24. The molecule has 0 bridgehead atoms. The van der Waals surface area contributed by atoms with Crippen LogP contribution < -0.4 is 10.2 Å². The number of carbonyl (C=O) groups excluding carboxylic acids is 1. The van der Waals surface area contributed by atoms with E-state index in [0.29, 0.717) is 12.3 Å². The summed E-state index contributed by atoms with van der Waals surface area (Å²) in [6, 6.07) is 7.43. The molecule has 2 N–H and O–H groups in total. The standard InChI is InChI=1S/C19H29N5O2.HI/c1-20-19(21-15-18(26)23-9-5-2-6-10-23)24-13-11-22(12-14-24)16-7-3-4-8-17(16)25;/h3-4,7-8,25H,2,5-6,9-15H2,1H3,(H,20,21);1H. The molecule has 7 nitrogen and oxygen atoms in total. The van der Waals surface area contributed by atoms with Crippen LogP contribution >= 0.6 is 24.0 Å². The van der Waals surface area contributed by atoms with Gasteiger partial charge in [-0.15, -0.1) is 24.0 Å². The van der Waals surface area contributed by atoms with E-state index in [-0.39, 0.29) is 29.9 Å². The van der Waals surface area contributed by atoms with E-state index in [1.54, 1.807) is 13.1 Å². The van der Waals surface area contributed by atoms with Gasteiger partial charge in [-0.25, -0.2) is 0 Å². The molecule has 2 saturated heterocycles. The average molecular weight is 487 g/mol. The molecule has 1 aromatic rings. The normalized spacial score (nSPS) is 18.1. The lowest BCUT2D eigenvalue weighted by atomic mass is 10.1. The van der Waals surface area contributed by atoms with Crippen LogP contribution in [0.15, 0.2) is 29.3 Å². The number of benzene rings is 1. The van der Waals surface area contributed by atoms with Crippen molar-refractivity contribution in [3.63, 3.8) is 0 Å². The molecule has 8 heteroatoms. The van der Waals surface area contributed by atoms with Crippen molar-refractivity contribution in [2.24, 2.45) is 4.99 Å². The van der Waals surface area contributed by atoms with Crippen LogP contribution in [-0.2, 0) is 4.79 Å². The maximum Gasteiger partial charge on any atom is 0.241 e. The Hall–Kier alpha value is -1.71. The van der Waals surface area contributed by atoms with Crippen LogP contribution in [0.4, 0.5) is 5.69 Å². The fraction of sp³-hybridized carbons (Fsp3) is 0.579. The SMILES string of the molecule is CN=C(NCC(=O)N1CCCCC1)N1CCN(c2ccccc2O)CC1.I. The lowest BCUT2D eigenvalue weighted by Gasteiger charge is -2.38. The number of piperazine rings is 1. The number of phenolic OH excluding ortho intramolecular Hbond substituents is 1. The summed E-state index contributed by atoms with van der Waals surface area (Å²) in [5, 5.41) is 13.2. The number of nitrogens with one attached hydrogen (secondary N) is 1. The van der Waals surface area contributed by atoms with Crippen molar-refractivity contribution in [3.8, 4) is 5.75 Å². The Labute approximate surface area is 178 Å². The van der Waals surface area contributed by atoms with Crippen LogP contribution in [0.2, 0.25) is 0 Å². The Morgan fingerprint density at radius 1 is 1.04 bits per heavy atom. The van der Waals surface area contributed by atoms with Gasteiger partial charge in [0.05, 0.1) is 12.2 Å². The smallest absolute Gasteiger partial charge is 0.241 e. The third kappa shape index (κ3) is 5.63. The number of piperidine rings is 1. The third-order valence-corrected chi connectivity index (χ3v) is 5.12. The maximum absolute atomic E-state index is 12.3. The molecule has 1 aromatic carbocycles. The van der Waals surface area contributed by atoms with Crippen molar-refractivity contribution in [1.82, 2.24) is 15.1 Å². The number of hydrogen-bond donors (Lipinski definition) is 2. The number of anilines is 1. The number of carbonyl (C=O) groups is 1. The summed E-state index contributed by atoms with van der Waals surface area (Å²) in [6.45, 7) is 5.25. The summed E-state index contributed by atoms with van der Waals surface area (Å²) < 4.78 is 0. The number of amides is 1. The Morgan fingerprint density at radius 2 is 1.70 bits per heavy atom. The quantitative estimate of drug-likeness (QED) is 0.386. The average Bonchev–Trinajstić information content (AvgIpc) is 2.70. The number of aromatic hydroxyl groups is 1. The maximum atomic E-state index is 12.3. The number of rotatable bonds is 3. The molecule has 1 amide bonds. The number of phenols is 1. The molecule has 3 rings (SSSR count). The van der Waals surface area contributed by atoms with Crippen LogP contribution in [0.25, 0.3) is 0 Å². The van der Waals surface area contributed by atoms with E-state index in [9.17, 15) is 9.90 Å². The molecule has 0 saturated carbocycles. The monoisotopic (exact) mass is 487 g/mol. The van der Waals surface area contributed by atoms with Gasteiger partial charge in [0.2, 0.25) is 5.91 Å². The fourth-order valence-electron chi connectivity index (χ4n) is 3.63. The van der Waals surface area contributed by atoms with Crippen molar-refractivity contribution in [1.29, 1.82) is 0 Å². The van der Waals surface area contributed by atoms with Crippen molar-refractivity contribution < 1.29 is 9.90 Å². The van der Waals surface area contributed by atoms with Crippen molar-refractivity contribution in [2.45, 2.75) is 19.3 Å². The molecule has 0 atom stereocenters. The van der Waals surface area contributed by atoms with Crippen molar-refractivity contribution >= 4 is 41.5 Å². The second-order valence-electron chi connectivity index (χ2n) is 6.81. The van der Waals surface area contributed by atoms with E-state index in [2.05, 4.69) is 20.1 Å². The Kier molecular flexibility index (Phi) is 8.46. The molecular weight excluding hydrogens is 457 g/mol. The molecule has 2 heterocycles. The fourth-order valence-corrected chi connectivity index (χ4v) is 3.63. The number of nitrogens with zero attached hydrogens (tertiary/aromatic N) is 4. The third-order valence-electron chi connectivity index (χ3n) is 5.12. The molecule has 0 spiro atoms. The first-order valence-corrected chi connectivity index (χ1v) is 9.45. The van der Waals surface area contributed by atoms with Gasteiger partial charge in [0.25, 0.3) is 0 Å². The molecule has 27 heavy (non-hydrogen) atoms. The first-order chi connectivity index (χ1) is 12.7. The van der Waals surface area contributed by atoms with Gasteiger partial charge in [0, 0.05) is 46.3 Å². The van der Waals surface area contributed by atoms with Gasteiger partial charge in [-0.1, -0.05) is 12.1 Å². The van der Waals surface area contributed by atoms with Crippen LogP contribution in [0.1, 0.15) is 19.3 Å². The Morgan fingerprint density at radius 3 is 2.33 bits per heavy atom. The zero-order valence-corrected chi connectivity index (χ0v) is 18.3. The van der Waals surface area contributed by atoms with E-state index >= 15 is 0 Å². The first-order valence-electron chi connectivity index (χ1n) is 9.45. The van der Waals surface area contributed by atoms with Crippen molar-refractivity contribution in [2.75, 3.05) is 57.8 Å². The summed E-state index contributed by atoms with van der Waals surface area (Å²) >= 11 is 0. The van der Waals surface area contributed by atoms with Crippen LogP contribution in [-0.4, -0.2) is 79.6 Å². The molecule has 2 aliphatic heterocycles. The van der Waals surface area contributed by atoms with Gasteiger partial charge in [-0.3, -0.25) is 9.79 Å². The van der Waals surface area contributed by atoms with Crippen molar-refractivity contribution in [3.05, 3.63) is 24.3 Å². The van der Waals surface area contributed by atoms with E-state index in [0.717, 1.165) is 63.8 Å². The van der Waals surface area contributed by atoms with E-state index in [1.165, 1.54) is 6.42 Å². The molecule has 150 valence electrons. The zero-order valence-electron chi connectivity index (χ0n) is 15.9. The molecule has 2 fully saturated rings. The van der Waals surface area contributed by atoms with Crippen LogP contribution in [0.3, 0.4) is 0 Å². The highest BCUT2D eigenvalue weighted by Gasteiger charge is 2.22. The zero-order chi connectivity index (χ0) is 18.4. The largest absolute Gasteiger partial charge is 0.506 e. The molecule has 2 aliphatic rings. The minimum absolute atomic E-state index is 0.